The summed E-state index contributed by atoms with van der Waals surface area (Å²) in [6, 6.07) is 8.22. The van der Waals surface area contributed by atoms with Crippen LogP contribution in [0.2, 0.25) is 0 Å². The Bertz CT molecular complexity index is 753. The van der Waals surface area contributed by atoms with Crippen molar-refractivity contribution in [3.63, 3.8) is 0 Å². The number of rotatable bonds is 10. The van der Waals surface area contributed by atoms with Gasteiger partial charge in [-0.1, -0.05) is 51.1 Å². The van der Waals surface area contributed by atoms with Crippen molar-refractivity contribution < 1.29 is 4.79 Å². The van der Waals surface area contributed by atoms with E-state index in [1.807, 2.05) is 12.1 Å². The van der Waals surface area contributed by atoms with Crippen LogP contribution in [0.5, 0.6) is 0 Å². The van der Waals surface area contributed by atoms with Crippen LogP contribution < -0.4 is 10.6 Å². The van der Waals surface area contributed by atoms with Crippen molar-refractivity contribution in [1.29, 1.82) is 0 Å². The van der Waals surface area contributed by atoms with Gasteiger partial charge in [0.2, 0.25) is 5.78 Å². The second-order valence-electron chi connectivity index (χ2n) is 7.30. The van der Waals surface area contributed by atoms with E-state index in [4.69, 9.17) is 17.3 Å². The maximum Gasteiger partial charge on any atom is 0.202 e. The third-order valence-electron chi connectivity index (χ3n) is 4.95. The lowest BCUT2D eigenvalue weighted by Crippen LogP contribution is -2.25. The number of aliphatic imine (C=N–C) groups is 1. The summed E-state index contributed by atoms with van der Waals surface area (Å²) in [5.74, 6) is -0.233. The van der Waals surface area contributed by atoms with E-state index in [1.165, 1.54) is 44.2 Å². The minimum atomic E-state index is -0.233. The van der Waals surface area contributed by atoms with Gasteiger partial charge in [-0.3, -0.25) is 4.79 Å². The van der Waals surface area contributed by atoms with E-state index in [9.17, 15) is 4.79 Å². The minimum absolute atomic E-state index is 0.0494. The molecule has 0 saturated heterocycles. The quantitative estimate of drug-likeness (QED) is 0.393. The molecule has 0 atom stereocenters. The number of hydrogen-bond donors (Lipinski definition) is 1. The lowest BCUT2D eigenvalue weighted by Gasteiger charge is -2.25. The summed E-state index contributed by atoms with van der Waals surface area (Å²) in [5, 5.41) is 0.0494. The normalized spacial score (nSPS) is 15.9. The molecular weight excluding hydrogens is 370 g/mol. The molecule has 0 aromatic heterocycles. The molecule has 0 amide bonds. The fraction of sp³-hybridized carbons (Fsp3) is 0.478. The van der Waals surface area contributed by atoms with E-state index in [2.05, 4.69) is 35.9 Å². The summed E-state index contributed by atoms with van der Waals surface area (Å²) < 4.78 is 0. The molecule has 5 heteroatoms. The molecule has 1 aromatic rings. The predicted octanol–water partition coefficient (Wildman–Crippen LogP) is 5.88. The maximum atomic E-state index is 11.9. The largest absolute Gasteiger partial charge is 0.396 e. The third kappa shape index (κ3) is 5.96. The highest BCUT2D eigenvalue weighted by Crippen LogP contribution is 2.25. The monoisotopic (exact) mass is 401 g/mol. The number of carbonyl (C=O) groups is 1. The molecule has 1 aliphatic rings. The first-order valence-corrected chi connectivity index (χ1v) is 10.7. The average molecular weight is 402 g/mol. The van der Waals surface area contributed by atoms with E-state index >= 15 is 0 Å². The molecule has 0 saturated carbocycles. The van der Waals surface area contributed by atoms with Gasteiger partial charge < -0.3 is 10.6 Å². The van der Waals surface area contributed by atoms with Crippen LogP contribution in [0.3, 0.4) is 0 Å². The average Bonchev–Trinajstić information content (AvgIpc) is 2.70. The Labute approximate surface area is 174 Å². The van der Waals surface area contributed by atoms with Gasteiger partial charge >= 0.3 is 0 Å². The molecule has 1 aromatic carbocycles. The number of nitrogens with two attached hydrogens (primary N) is 1. The van der Waals surface area contributed by atoms with Crippen LogP contribution >= 0.6 is 11.6 Å². The molecule has 2 N–H and O–H groups in total. The Morgan fingerprint density at radius 1 is 1.00 bits per heavy atom. The van der Waals surface area contributed by atoms with Gasteiger partial charge in [0.1, 0.15) is 5.03 Å². The van der Waals surface area contributed by atoms with Gasteiger partial charge in [-0.2, -0.15) is 0 Å². The molecule has 152 valence electrons. The number of hydrogen-bond acceptors (Lipinski definition) is 4. The summed E-state index contributed by atoms with van der Waals surface area (Å²) in [6.45, 7) is 8.36. The minimum Gasteiger partial charge on any atom is -0.396 e. The fourth-order valence-corrected chi connectivity index (χ4v) is 3.45. The topological polar surface area (TPSA) is 58.7 Å². The maximum absolute atomic E-state index is 11.9. The first kappa shape index (κ1) is 22.2. The van der Waals surface area contributed by atoms with Crippen LogP contribution in [0.1, 0.15) is 59.3 Å². The highest BCUT2D eigenvalue weighted by Gasteiger charge is 2.21. The van der Waals surface area contributed by atoms with Crippen molar-refractivity contribution in [2.45, 2.75) is 59.3 Å². The standard InChI is InChI=1S/C23H32ClN3O/c1-4-6-8-14-27(15-9-7-5-2)19-12-10-18(11-13-19)26-20-16-17(3)23(28)21(24)22(20)25/h10-13,16H,4-9,14-15,25H2,1-3H3/b26-20-. The van der Waals surface area contributed by atoms with Crippen LogP contribution in [0.4, 0.5) is 11.4 Å². The number of anilines is 1. The number of unbranched alkanes of at least 4 members (excludes halogenated alkanes) is 4. The lowest BCUT2D eigenvalue weighted by atomic mass is 10.0. The summed E-state index contributed by atoms with van der Waals surface area (Å²) in [5.41, 5.74) is 9.33. The first-order valence-electron chi connectivity index (χ1n) is 10.3. The highest BCUT2D eigenvalue weighted by molar-refractivity contribution is 6.49. The Kier molecular flexibility index (Phi) is 8.78. The molecular formula is C23H32ClN3O. The van der Waals surface area contributed by atoms with E-state index in [1.54, 1.807) is 13.0 Å². The van der Waals surface area contributed by atoms with E-state index in [0.717, 1.165) is 18.8 Å². The van der Waals surface area contributed by atoms with E-state index < -0.39 is 0 Å². The van der Waals surface area contributed by atoms with Crippen molar-refractivity contribution in [2.75, 3.05) is 18.0 Å². The van der Waals surface area contributed by atoms with Crippen molar-refractivity contribution in [1.82, 2.24) is 0 Å². The van der Waals surface area contributed by atoms with Crippen LogP contribution in [0.15, 0.2) is 51.6 Å². The molecule has 4 nitrogen and oxygen atoms in total. The number of Topliss-reactive ketones (excluding diaryl/α,β-unsaturated/α-hetero) is 1. The zero-order valence-corrected chi connectivity index (χ0v) is 18.1. The van der Waals surface area contributed by atoms with Crippen LogP contribution in [0.25, 0.3) is 0 Å². The molecule has 0 radical (unpaired) electrons. The molecule has 0 spiro atoms. The second kappa shape index (κ2) is 11.1. The Hall–Kier alpha value is -2.07. The van der Waals surface area contributed by atoms with E-state index in [-0.39, 0.29) is 16.5 Å². The zero-order chi connectivity index (χ0) is 20.5. The van der Waals surface area contributed by atoms with Gasteiger partial charge in [0.25, 0.3) is 0 Å². The number of allylic oxidation sites excluding steroid dienone is 3. The summed E-state index contributed by atoms with van der Waals surface area (Å²) >= 11 is 6.04. The van der Waals surface area contributed by atoms with Crippen LogP contribution in [-0.2, 0) is 4.79 Å². The molecule has 0 heterocycles. The molecule has 2 rings (SSSR count). The van der Waals surface area contributed by atoms with Gasteiger partial charge in [0.05, 0.1) is 17.1 Å². The smallest absolute Gasteiger partial charge is 0.202 e. The lowest BCUT2D eigenvalue weighted by molar-refractivity contribution is -0.111. The number of ketones is 1. The molecule has 0 bridgehead atoms. The Morgan fingerprint density at radius 3 is 2.11 bits per heavy atom. The van der Waals surface area contributed by atoms with Crippen molar-refractivity contribution in [3.8, 4) is 0 Å². The van der Waals surface area contributed by atoms with Gasteiger partial charge in [-0.15, -0.1) is 0 Å². The number of carbonyl (C=O) groups excluding carboxylic acids is 1. The Balaban J connectivity index is 2.16. The highest BCUT2D eigenvalue weighted by atomic mass is 35.5. The van der Waals surface area contributed by atoms with Gasteiger partial charge in [0.15, 0.2) is 0 Å². The summed E-state index contributed by atoms with van der Waals surface area (Å²) in [7, 11) is 0. The summed E-state index contributed by atoms with van der Waals surface area (Å²) in [6.07, 6.45) is 9.09. The third-order valence-corrected chi connectivity index (χ3v) is 5.33. The zero-order valence-electron chi connectivity index (χ0n) is 17.3. The fourth-order valence-electron chi connectivity index (χ4n) is 3.20. The first-order chi connectivity index (χ1) is 13.5. The van der Waals surface area contributed by atoms with E-state index in [0.29, 0.717) is 11.3 Å². The van der Waals surface area contributed by atoms with Crippen molar-refractivity contribution in [2.24, 2.45) is 10.7 Å². The molecule has 0 aliphatic heterocycles. The second-order valence-corrected chi connectivity index (χ2v) is 7.68. The molecule has 1 aliphatic carbocycles. The van der Waals surface area contributed by atoms with Crippen molar-refractivity contribution >= 4 is 34.5 Å². The number of nitrogens with zero attached hydrogens (tertiary/aromatic N) is 2. The van der Waals surface area contributed by atoms with Crippen LogP contribution in [0, 0.1) is 0 Å². The molecule has 0 unspecified atom stereocenters. The summed E-state index contributed by atoms with van der Waals surface area (Å²) in [4.78, 5) is 18.9. The SMILES string of the molecule is CCCCCN(CCCCC)c1ccc(/N=C2/C=C(C)C(=O)C(Cl)=C2N)cc1. The van der Waals surface area contributed by atoms with Crippen LogP contribution in [-0.4, -0.2) is 24.6 Å². The Morgan fingerprint density at radius 2 is 1.57 bits per heavy atom. The van der Waals surface area contributed by atoms with Gasteiger partial charge in [-0.25, -0.2) is 4.99 Å². The number of benzene rings is 1. The van der Waals surface area contributed by atoms with Gasteiger partial charge in [-0.05, 0) is 50.1 Å². The predicted molar refractivity (Wildman–Crippen MR) is 121 cm³/mol. The molecule has 28 heavy (non-hydrogen) atoms. The van der Waals surface area contributed by atoms with Crippen molar-refractivity contribution in [3.05, 3.63) is 46.6 Å². The molecule has 0 fully saturated rings. The van der Waals surface area contributed by atoms with Gasteiger partial charge in [0, 0.05) is 24.4 Å². The number of halogens is 1.